The van der Waals surface area contributed by atoms with Crippen LogP contribution in [0.15, 0.2) is 24.8 Å². The van der Waals surface area contributed by atoms with Crippen molar-refractivity contribution in [3.8, 4) is 0 Å². The molecule has 0 aromatic heterocycles. The smallest absolute Gasteiger partial charge is 0.330 e. The summed E-state index contributed by atoms with van der Waals surface area (Å²) in [5, 5.41) is 10.6. The van der Waals surface area contributed by atoms with Crippen molar-refractivity contribution in [1.82, 2.24) is 5.32 Å². The van der Waals surface area contributed by atoms with Gasteiger partial charge in [0.15, 0.2) is 0 Å². The largest absolute Gasteiger partial charge is 0.478 e. The highest BCUT2D eigenvalue weighted by molar-refractivity contribution is 5.84. The number of amides is 1. The molecule has 1 amide bonds. The highest BCUT2D eigenvalue weighted by Gasteiger charge is 2.19. The topological polar surface area (TPSA) is 66.4 Å². The molecule has 0 bridgehead atoms. The van der Waals surface area contributed by atoms with Crippen LogP contribution in [0.25, 0.3) is 0 Å². The number of carbonyl (C=O) groups is 2. The van der Waals surface area contributed by atoms with Crippen molar-refractivity contribution in [1.29, 1.82) is 0 Å². The highest BCUT2D eigenvalue weighted by atomic mass is 16.4. The molecule has 0 aromatic carbocycles. The van der Waals surface area contributed by atoms with Gasteiger partial charge in [-0.2, -0.15) is 0 Å². The standard InChI is InChI=1S/C6H9NO.C4H6O2/c1-2-5-3-4-7-6(5)8;1-3(2)4(5)6/h2,5H,1,3-4H2,(H,7,8);1H2,2H3,(H,5,6). The molecule has 0 radical (unpaired) electrons. The van der Waals surface area contributed by atoms with E-state index < -0.39 is 5.97 Å². The number of hydrogen-bond acceptors (Lipinski definition) is 2. The second-order valence-corrected chi connectivity index (χ2v) is 3.01. The van der Waals surface area contributed by atoms with Crippen molar-refractivity contribution in [2.24, 2.45) is 5.92 Å². The molecule has 4 heteroatoms. The Kier molecular flexibility index (Phi) is 5.29. The van der Waals surface area contributed by atoms with Gasteiger partial charge >= 0.3 is 5.97 Å². The first-order valence-corrected chi connectivity index (χ1v) is 4.28. The van der Waals surface area contributed by atoms with E-state index in [-0.39, 0.29) is 17.4 Å². The normalized spacial score (nSPS) is 18.9. The van der Waals surface area contributed by atoms with Gasteiger partial charge in [-0.15, -0.1) is 6.58 Å². The number of carboxylic acids is 1. The predicted octanol–water partition coefficient (Wildman–Crippen LogP) is 0.956. The highest BCUT2D eigenvalue weighted by Crippen LogP contribution is 2.08. The fourth-order valence-corrected chi connectivity index (χ4v) is 0.838. The van der Waals surface area contributed by atoms with Crippen LogP contribution in [0.2, 0.25) is 0 Å². The lowest BCUT2D eigenvalue weighted by Gasteiger charge is -1.93. The summed E-state index contributed by atoms with van der Waals surface area (Å²) in [6.45, 7) is 8.95. The molecule has 14 heavy (non-hydrogen) atoms. The Morgan fingerprint density at radius 1 is 1.71 bits per heavy atom. The lowest BCUT2D eigenvalue weighted by atomic mass is 10.1. The summed E-state index contributed by atoms with van der Waals surface area (Å²) < 4.78 is 0. The summed E-state index contributed by atoms with van der Waals surface area (Å²) in [6.07, 6.45) is 2.62. The SMILES string of the molecule is C=C(C)C(=O)O.C=CC1CCNC1=O. The second kappa shape index (κ2) is 5.96. The average Bonchev–Trinajstić information content (AvgIpc) is 2.51. The van der Waals surface area contributed by atoms with Gasteiger partial charge in [0.25, 0.3) is 0 Å². The maximum Gasteiger partial charge on any atom is 0.330 e. The summed E-state index contributed by atoms with van der Waals surface area (Å²) in [5.74, 6) is -0.731. The quantitative estimate of drug-likeness (QED) is 0.511. The van der Waals surface area contributed by atoms with Crippen molar-refractivity contribution >= 4 is 11.9 Å². The van der Waals surface area contributed by atoms with Crippen molar-refractivity contribution in [2.45, 2.75) is 13.3 Å². The van der Waals surface area contributed by atoms with Crippen LogP contribution >= 0.6 is 0 Å². The zero-order chi connectivity index (χ0) is 11.1. The molecule has 1 heterocycles. The molecule has 1 atom stereocenters. The molecule has 1 aliphatic heterocycles. The van der Waals surface area contributed by atoms with Gasteiger partial charge in [0.1, 0.15) is 0 Å². The van der Waals surface area contributed by atoms with Crippen molar-refractivity contribution in [3.63, 3.8) is 0 Å². The zero-order valence-corrected chi connectivity index (χ0v) is 8.25. The van der Waals surface area contributed by atoms with Gasteiger partial charge in [-0.25, -0.2) is 4.79 Å². The van der Waals surface area contributed by atoms with Crippen LogP contribution in [-0.2, 0) is 9.59 Å². The van der Waals surface area contributed by atoms with E-state index in [1.54, 1.807) is 6.08 Å². The summed E-state index contributed by atoms with van der Waals surface area (Å²) in [5.41, 5.74) is 0.176. The lowest BCUT2D eigenvalue weighted by molar-refractivity contribution is -0.132. The second-order valence-electron chi connectivity index (χ2n) is 3.01. The van der Waals surface area contributed by atoms with Gasteiger partial charge in [0.05, 0.1) is 5.92 Å². The number of carbonyl (C=O) groups excluding carboxylic acids is 1. The van der Waals surface area contributed by atoms with E-state index in [1.165, 1.54) is 6.92 Å². The molecule has 0 aliphatic carbocycles. The van der Waals surface area contributed by atoms with E-state index in [1.807, 2.05) is 0 Å². The Morgan fingerprint density at radius 3 is 2.36 bits per heavy atom. The summed E-state index contributed by atoms with van der Waals surface area (Å²) >= 11 is 0. The van der Waals surface area contributed by atoms with E-state index in [9.17, 15) is 9.59 Å². The number of carboxylic acid groups (broad SMARTS) is 1. The number of aliphatic carboxylic acids is 1. The summed E-state index contributed by atoms with van der Waals surface area (Å²) in [4.78, 5) is 20.2. The fourth-order valence-electron chi connectivity index (χ4n) is 0.838. The maximum atomic E-state index is 10.6. The van der Waals surface area contributed by atoms with Gasteiger partial charge in [-0.1, -0.05) is 12.7 Å². The molecular weight excluding hydrogens is 182 g/mol. The van der Waals surface area contributed by atoms with Crippen LogP contribution in [0.3, 0.4) is 0 Å². The maximum absolute atomic E-state index is 10.6. The third-order valence-corrected chi connectivity index (χ3v) is 1.74. The third-order valence-electron chi connectivity index (χ3n) is 1.74. The zero-order valence-electron chi connectivity index (χ0n) is 8.25. The van der Waals surface area contributed by atoms with Crippen LogP contribution in [0.4, 0.5) is 0 Å². The fraction of sp³-hybridized carbons (Fsp3) is 0.400. The van der Waals surface area contributed by atoms with Crippen LogP contribution in [0.5, 0.6) is 0 Å². The summed E-state index contributed by atoms with van der Waals surface area (Å²) in [6, 6.07) is 0. The Hall–Kier alpha value is -1.58. The van der Waals surface area contributed by atoms with E-state index in [2.05, 4.69) is 18.5 Å². The van der Waals surface area contributed by atoms with Gasteiger partial charge in [-0.3, -0.25) is 4.79 Å². The minimum absolute atomic E-state index is 0.0787. The predicted molar refractivity (Wildman–Crippen MR) is 53.8 cm³/mol. The molecule has 1 saturated heterocycles. The Labute approximate surface area is 83.3 Å². The summed E-state index contributed by atoms with van der Waals surface area (Å²) in [7, 11) is 0. The molecule has 0 aromatic rings. The minimum Gasteiger partial charge on any atom is -0.478 e. The molecule has 1 aliphatic rings. The first-order valence-electron chi connectivity index (χ1n) is 4.28. The van der Waals surface area contributed by atoms with Crippen LogP contribution < -0.4 is 5.32 Å². The van der Waals surface area contributed by atoms with Crippen molar-refractivity contribution < 1.29 is 14.7 Å². The first-order chi connectivity index (χ1) is 6.49. The first kappa shape index (κ1) is 12.4. The van der Waals surface area contributed by atoms with E-state index in [4.69, 9.17) is 5.11 Å². The monoisotopic (exact) mass is 197 g/mol. The molecule has 2 N–H and O–H groups in total. The Bertz CT molecular complexity index is 246. The lowest BCUT2D eigenvalue weighted by Crippen LogP contribution is -2.17. The molecule has 1 rings (SSSR count). The van der Waals surface area contributed by atoms with Gasteiger partial charge < -0.3 is 10.4 Å². The Balaban J connectivity index is 0.000000255. The number of nitrogens with one attached hydrogen (secondary N) is 1. The molecular formula is C10H15NO3. The van der Waals surface area contributed by atoms with Crippen molar-refractivity contribution in [3.05, 3.63) is 24.8 Å². The van der Waals surface area contributed by atoms with E-state index in [0.29, 0.717) is 0 Å². The average molecular weight is 197 g/mol. The Morgan fingerprint density at radius 2 is 2.21 bits per heavy atom. The molecule has 4 nitrogen and oxygen atoms in total. The number of rotatable bonds is 2. The third kappa shape index (κ3) is 4.45. The van der Waals surface area contributed by atoms with Crippen LogP contribution in [0, 0.1) is 5.92 Å². The molecule has 1 unspecified atom stereocenters. The van der Waals surface area contributed by atoms with E-state index >= 15 is 0 Å². The minimum atomic E-state index is -0.935. The van der Waals surface area contributed by atoms with Crippen LogP contribution in [-0.4, -0.2) is 23.5 Å². The van der Waals surface area contributed by atoms with Crippen molar-refractivity contribution in [2.75, 3.05) is 6.54 Å². The molecule has 0 saturated carbocycles. The van der Waals surface area contributed by atoms with Crippen LogP contribution in [0.1, 0.15) is 13.3 Å². The van der Waals surface area contributed by atoms with Gasteiger partial charge in [0, 0.05) is 12.1 Å². The molecule has 1 fully saturated rings. The molecule has 0 spiro atoms. The van der Waals surface area contributed by atoms with Gasteiger partial charge in [0.2, 0.25) is 5.91 Å². The van der Waals surface area contributed by atoms with Gasteiger partial charge in [-0.05, 0) is 13.3 Å². The molecule has 78 valence electrons. The number of hydrogen-bond donors (Lipinski definition) is 2. The van der Waals surface area contributed by atoms with E-state index in [0.717, 1.165) is 13.0 Å².